The van der Waals surface area contributed by atoms with Gasteiger partial charge in [0.05, 0.1) is 12.2 Å². The van der Waals surface area contributed by atoms with Gasteiger partial charge in [-0.1, -0.05) is 30.3 Å². The summed E-state index contributed by atoms with van der Waals surface area (Å²) in [6, 6.07) is 10.9. The highest BCUT2D eigenvalue weighted by molar-refractivity contribution is 5.92. The topological polar surface area (TPSA) is 62.2 Å². The summed E-state index contributed by atoms with van der Waals surface area (Å²) in [5.74, 6) is 1.12. The Morgan fingerprint density at radius 2 is 1.96 bits per heavy atom. The first kappa shape index (κ1) is 20.8. The Balaban J connectivity index is 0.00000225. The second kappa shape index (κ2) is 9.54. The van der Waals surface area contributed by atoms with Crippen LogP contribution in [0.25, 0.3) is 0 Å². The van der Waals surface area contributed by atoms with E-state index in [-0.39, 0.29) is 24.2 Å². The fourth-order valence-electron chi connectivity index (χ4n) is 4.18. The van der Waals surface area contributed by atoms with Crippen molar-refractivity contribution in [3.63, 3.8) is 0 Å². The minimum Gasteiger partial charge on any atom is -0.317 e. The molecule has 2 aliphatic rings. The Morgan fingerprint density at radius 1 is 1.21 bits per heavy atom. The number of anilines is 1. The zero-order valence-electron chi connectivity index (χ0n) is 16.4. The molecule has 6 nitrogen and oxygen atoms in total. The number of nitrogens with zero attached hydrogens (tertiary/aromatic N) is 3. The summed E-state index contributed by atoms with van der Waals surface area (Å²) in [6.07, 6.45) is 4.75. The van der Waals surface area contributed by atoms with Gasteiger partial charge in [-0.15, -0.1) is 12.4 Å². The predicted octanol–water partition coefficient (Wildman–Crippen LogP) is 3.00. The summed E-state index contributed by atoms with van der Waals surface area (Å²) >= 11 is 0. The van der Waals surface area contributed by atoms with E-state index in [9.17, 15) is 4.79 Å². The molecule has 2 aromatic rings. The van der Waals surface area contributed by atoms with E-state index in [1.165, 1.54) is 5.56 Å². The lowest BCUT2D eigenvalue weighted by Gasteiger charge is -2.23. The van der Waals surface area contributed by atoms with Crippen LogP contribution in [0.4, 0.5) is 5.82 Å². The van der Waals surface area contributed by atoms with Crippen LogP contribution in [0.2, 0.25) is 0 Å². The first-order valence-electron chi connectivity index (χ1n) is 10.0. The quantitative estimate of drug-likeness (QED) is 0.805. The monoisotopic (exact) mass is 403 g/mol. The summed E-state index contributed by atoms with van der Waals surface area (Å²) in [6.45, 7) is 6.86. The molecule has 4 rings (SSSR count). The Morgan fingerprint density at radius 3 is 2.71 bits per heavy atom. The number of piperidine rings is 1. The molecule has 152 valence electrons. The van der Waals surface area contributed by atoms with Crippen LogP contribution in [0.3, 0.4) is 0 Å². The van der Waals surface area contributed by atoms with Crippen LogP contribution in [-0.4, -0.2) is 46.8 Å². The van der Waals surface area contributed by atoms with Crippen molar-refractivity contribution in [2.75, 3.05) is 31.5 Å². The maximum atomic E-state index is 12.7. The Kier molecular flexibility index (Phi) is 7.10. The van der Waals surface area contributed by atoms with Gasteiger partial charge < -0.3 is 10.6 Å². The fraction of sp³-hybridized carbons (Fsp3) is 0.524. The van der Waals surface area contributed by atoms with Gasteiger partial charge in [0.1, 0.15) is 5.82 Å². The molecule has 28 heavy (non-hydrogen) atoms. The van der Waals surface area contributed by atoms with Crippen molar-refractivity contribution >= 4 is 24.1 Å². The lowest BCUT2D eigenvalue weighted by atomic mass is 9.97. The van der Waals surface area contributed by atoms with E-state index in [4.69, 9.17) is 0 Å². The Hall–Kier alpha value is -1.89. The highest BCUT2D eigenvalue weighted by atomic mass is 35.5. The van der Waals surface area contributed by atoms with Crippen molar-refractivity contribution in [1.29, 1.82) is 0 Å². The van der Waals surface area contributed by atoms with Crippen LogP contribution in [0.15, 0.2) is 36.5 Å². The van der Waals surface area contributed by atoms with Crippen LogP contribution >= 0.6 is 12.4 Å². The van der Waals surface area contributed by atoms with E-state index in [1.807, 2.05) is 17.8 Å². The van der Waals surface area contributed by atoms with Gasteiger partial charge in [0, 0.05) is 31.1 Å². The summed E-state index contributed by atoms with van der Waals surface area (Å²) in [7, 11) is 0. The number of halogens is 1. The fourth-order valence-corrected chi connectivity index (χ4v) is 4.18. The van der Waals surface area contributed by atoms with E-state index in [0.29, 0.717) is 6.04 Å². The maximum absolute atomic E-state index is 12.7. The van der Waals surface area contributed by atoms with Crippen LogP contribution in [0.5, 0.6) is 0 Å². The average Bonchev–Trinajstić information content (AvgIpc) is 3.30. The first-order chi connectivity index (χ1) is 13.2. The molecule has 3 heterocycles. The van der Waals surface area contributed by atoms with E-state index < -0.39 is 0 Å². The molecule has 1 unspecified atom stereocenters. The molecular formula is C21H30ClN5O. The van der Waals surface area contributed by atoms with E-state index in [1.54, 1.807) is 0 Å². The minimum absolute atomic E-state index is 0. The smallest absolute Gasteiger partial charge is 0.228 e. The van der Waals surface area contributed by atoms with Crippen molar-refractivity contribution < 1.29 is 4.79 Å². The molecule has 2 saturated heterocycles. The molecule has 1 aromatic heterocycles. The van der Waals surface area contributed by atoms with Crippen LogP contribution in [-0.2, 0) is 11.3 Å². The SMILES string of the molecule is Cc1cnn(C2CCN(Cc3ccccc3)C2)c1NC(=O)C1CCNCC1.Cl. The molecule has 1 amide bonds. The van der Waals surface area contributed by atoms with Crippen LogP contribution in [0, 0.1) is 12.8 Å². The molecule has 7 heteroatoms. The molecule has 2 N–H and O–H groups in total. The second-order valence-corrected chi connectivity index (χ2v) is 7.80. The number of nitrogens with one attached hydrogen (secondary N) is 2. The molecule has 0 radical (unpaired) electrons. The highest BCUT2D eigenvalue weighted by Crippen LogP contribution is 2.28. The number of benzene rings is 1. The van der Waals surface area contributed by atoms with Gasteiger partial charge in [-0.2, -0.15) is 5.10 Å². The van der Waals surface area contributed by atoms with Gasteiger partial charge >= 0.3 is 0 Å². The number of aryl methyl sites for hydroxylation is 1. The number of hydrogen-bond acceptors (Lipinski definition) is 4. The van der Waals surface area contributed by atoms with Crippen molar-refractivity contribution in [3.05, 3.63) is 47.7 Å². The third-order valence-corrected chi connectivity index (χ3v) is 5.77. The molecular weight excluding hydrogens is 374 g/mol. The molecule has 2 fully saturated rings. The lowest BCUT2D eigenvalue weighted by Crippen LogP contribution is -2.35. The zero-order valence-corrected chi connectivity index (χ0v) is 17.3. The molecule has 1 atom stereocenters. The highest BCUT2D eigenvalue weighted by Gasteiger charge is 2.28. The van der Waals surface area contributed by atoms with Gasteiger partial charge in [-0.25, -0.2) is 4.68 Å². The Labute approximate surface area is 173 Å². The predicted molar refractivity (Wildman–Crippen MR) is 114 cm³/mol. The van der Waals surface area contributed by atoms with Crippen molar-refractivity contribution in [1.82, 2.24) is 20.0 Å². The maximum Gasteiger partial charge on any atom is 0.228 e. The molecule has 1 aromatic carbocycles. The summed E-state index contributed by atoms with van der Waals surface area (Å²) < 4.78 is 2.04. The van der Waals surface area contributed by atoms with Gasteiger partial charge in [-0.05, 0) is 44.8 Å². The van der Waals surface area contributed by atoms with Gasteiger partial charge in [0.25, 0.3) is 0 Å². The number of aromatic nitrogens is 2. The molecule has 0 bridgehead atoms. The van der Waals surface area contributed by atoms with Gasteiger partial charge in [0.2, 0.25) is 5.91 Å². The van der Waals surface area contributed by atoms with Gasteiger partial charge in [-0.3, -0.25) is 9.69 Å². The molecule has 0 spiro atoms. The number of carbonyl (C=O) groups is 1. The summed E-state index contributed by atoms with van der Waals surface area (Å²) in [4.78, 5) is 15.2. The largest absolute Gasteiger partial charge is 0.317 e. The van der Waals surface area contributed by atoms with E-state index in [0.717, 1.165) is 63.4 Å². The standard InChI is InChI=1S/C21H29N5O.ClH/c1-16-13-23-26(20(16)24-21(27)18-7-10-22-11-8-18)19-9-12-25(15-19)14-17-5-3-2-4-6-17;/h2-6,13,18-19,22H,7-12,14-15H2,1H3,(H,24,27);1H. The van der Waals surface area contributed by atoms with Crippen molar-refractivity contribution in [2.45, 2.75) is 38.8 Å². The lowest BCUT2D eigenvalue weighted by molar-refractivity contribution is -0.120. The number of hydrogen-bond donors (Lipinski definition) is 2. The first-order valence-corrected chi connectivity index (χ1v) is 10.0. The third kappa shape index (κ3) is 4.74. The molecule has 0 saturated carbocycles. The van der Waals surface area contributed by atoms with Crippen LogP contribution in [0.1, 0.15) is 36.4 Å². The van der Waals surface area contributed by atoms with Gasteiger partial charge in [0.15, 0.2) is 0 Å². The minimum atomic E-state index is 0. The molecule has 0 aliphatic carbocycles. The number of rotatable bonds is 5. The van der Waals surface area contributed by atoms with Crippen molar-refractivity contribution in [3.8, 4) is 0 Å². The summed E-state index contributed by atoms with van der Waals surface area (Å²) in [5, 5.41) is 11.1. The normalized spacial score (nSPS) is 20.7. The average molecular weight is 404 g/mol. The molecule has 2 aliphatic heterocycles. The zero-order chi connectivity index (χ0) is 18.6. The third-order valence-electron chi connectivity index (χ3n) is 5.77. The second-order valence-electron chi connectivity index (χ2n) is 7.80. The Bertz CT molecular complexity index is 772. The number of carbonyl (C=O) groups excluding carboxylic acids is 1. The van der Waals surface area contributed by atoms with E-state index >= 15 is 0 Å². The van der Waals surface area contributed by atoms with Crippen LogP contribution < -0.4 is 10.6 Å². The summed E-state index contributed by atoms with van der Waals surface area (Å²) in [5.41, 5.74) is 2.38. The number of amides is 1. The van der Waals surface area contributed by atoms with E-state index in [2.05, 4.69) is 51.0 Å². The van der Waals surface area contributed by atoms with Crippen molar-refractivity contribution in [2.24, 2.45) is 5.92 Å². The number of likely N-dealkylation sites (tertiary alicyclic amines) is 1.